The van der Waals surface area contributed by atoms with Gasteiger partial charge in [0, 0.05) is 18.2 Å². The van der Waals surface area contributed by atoms with Crippen LogP contribution >= 0.6 is 0 Å². The Labute approximate surface area is 143 Å². The summed E-state index contributed by atoms with van der Waals surface area (Å²) in [6.45, 7) is 4.12. The minimum absolute atomic E-state index is 0.162. The lowest BCUT2D eigenvalue weighted by molar-refractivity contribution is -0.120. The largest absolute Gasteiger partial charge is 0.463 e. The Hall–Kier alpha value is -3.16. The van der Waals surface area contributed by atoms with Crippen molar-refractivity contribution < 1.29 is 13.7 Å². The van der Waals surface area contributed by atoms with Crippen LogP contribution in [0.2, 0.25) is 0 Å². The summed E-state index contributed by atoms with van der Waals surface area (Å²) in [7, 11) is 0. The number of nitrogens with one attached hydrogen (secondary N) is 1. The van der Waals surface area contributed by atoms with Gasteiger partial charge in [0.15, 0.2) is 5.76 Å². The molecule has 0 fully saturated rings. The van der Waals surface area contributed by atoms with Crippen LogP contribution in [0.4, 0.5) is 0 Å². The number of hydrogen-bond acceptors (Lipinski definition) is 6. The minimum atomic E-state index is -0.240. The highest BCUT2D eigenvalue weighted by atomic mass is 16.5. The van der Waals surface area contributed by atoms with Crippen LogP contribution in [-0.2, 0) is 17.8 Å². The summed E-state index contributed by atoms with van der Waals surface area (Å²) in [5, 5.41) is 10.8. The van der Waals surface area contributed by atoms with E-state index in [1.54, 1.807) is 38.3 Å². The summed E-state index contributed by atoms with van der Waals surface area (Å²) in [4.78, 5) is 23.9. The van der Waals surface area contributed by atoms with Gasteiger partial charge >= 0.3 is 0 Å². The predicted octanol–water partition coefficient (Wildman–Crippen LogP) is 1.47. The molecule has 0 unspecified atom stereocenters. The molecular formula is C17H18N4O4. The molecule has 0 bridgehead atoms. The lowest BCUT2D eigenvalue weighted by Gasteiger charge is -2.07. The molecule has 0 atom stereocenters. The summed E-state index contributed by atoms with van der Waals surface area (Å²) in [6.07, 6.45) is 1.73. The molecule has 1 N–H and O–H groups in total. The van der Waals surface area contributed by atoms with Crippen LogP contribution < -0.4 is 10.9 Å². The second-order valence-corrected chi connectivity index (χ2v) is 5.59. The molecule has 0 aliphatic heterocycles. The summed E-state index contributed by atoms with van der Waals surface area (Å²) in [5.41, 5.74) is 1.81. The maximum absolute atomic E-state index is 12.0. The van der Waals surface area contributed by atoms with Gasteiger partial charge in [0.1, 0.15) is 11.5 Å². The molecule has 1 amide bonds. The molecule has 3 aromatic heterocycles. The second-order valence-electron chi connectivity index (χ2n) is 5.59. The fraction of sp³-hybridized carbons (Fsp3) is 0.294. The molecule has 3 rings (SSSR count). The summed E-state index contributed by atoms with van der Waals surface area (Å²) in [6, 6.07) is 6.55. The van der Waals surface area contributed by atoms with E-state index < -0.39 is 0 Å². The Morgan fingerprint density at radius 1 is 1.28 bits per heavy atom. The average Bonchev–Trinajstić information content (AvgIpc) is 3.22. The molecular weight excluding hydrogens is 324 g/mol. The van der Waals surface area contributed by atoms with Gasteiger partial charge in [-0.05, 0) is 32.0 Å². The fourth-order valence-electron chi connectivity index (χ4n) is 2.44. The van der Waals surface area contributed by atoms with Gasteiger partial charge in [-0.2, -0.15) is 5.10 Å². The standard InChI is InChI=1S/C17H18N4O4/c1-11-13(12(2)25-20-11)10-16(22)18-7-8-21-17(23)6-5-14(19-21)15-4-3-9-24-15/h3-6,9H,7-8,10H2,1-2H3,(H,18,22). The monoisotopic (exact) mass is 342 g/mol. The number of aromatic nitrogens is 3. The quantitative estimate of drug-likeness (QED) is 0.727. The van der Waals surface area contributed by atoms with Crippen molar-refractivity contribution in [3.05, 3.63) is 57.9 Å². The van der Waals surface area contributed by atoms with E-state index in [4.69, 9.17) is 8.94 Å². The summed E-state index contributed by atoms with van der Waals surface area (Å²) >= 11 is 0. The van der Waals surface area contributed by atoms with E-state index in [1.165, 1.54) is 10.7 Å². The van der Waals surface area contributed by atoms with Crippen molar-refractivity contribution in [2.45, 2.75) is 26.8 Å². The Kier molecular flexibility index (Phi) is 4.78. The predicted molar refractivity (Wildman–Crippen MR) is 88.9 cm³/mol. The van der Waals surface area contributed by atoms with Crippen LogP contribution in [0.1, 0.15) is 17.0 Å². The first kappa shape index (κ1) is 16.7. The molecule has 25 heavy (non-hydrogen) atoms. The first-order valence-electron chi connectivity index (χ1n) is 7.85. The number of carbonyl (C=O) groups excluding carboxylic acids is 1. The van der Waals surface area contributed by atoms with Crippen LogP contribution in [0.3, 0.4) is 0 Å². The number of rotatable bonds is 6. The highest BCUT2D eigenvalue weighted by Gasteiger charge is 2.13. The Bertz CT molecular complexity index is 905. The van der Waals surface area contributed by atoms with E-state index in [0.29, 0.717) is 22.9 Å². The zero-order chi connectivity index (χ0) is 17.8. The van der Waals surface area contributed by atoms with Gasteiger partial charge in [-0.15, -0.1) is 0 Å². The number of nitrogens with zero attached hydrogens (tertiary/aromatic N) is 3. The van der Waals surface area contributed by atoms with Crippen molar-refractivity contribution in [1.82, 2.24) is 20.3 Å². The van der Waals surface area contributed by atoms with Gasteiger partial charge in [0.2, 0.25) is 5.91 Å². The van der Waals surface area contributed by atoms with Crippen LogP contribution in [-0.4, -0.2) is 27.4 Å². The molecule has 0 saturated heterocycles. The number of carbonyl (C=O) groups is 1. The smallest absolute Gasteiger partial charge is 0.266 e. The topological polar surface area (TPSA) is 103 Å². The van der Waals surface area contributed by atoms with Crippen molar-refractivity contribution in [3.63, 3.8) is 0 Å². The van der Waals surface area contributed by atoms with Crippen LogP contribution in [0.25, 0.3) is 11.5 Å². The Balaban J connectivity index is 1.59. The third-order valence-electron chi connectivity index (χ3n) is 3.80. The maximum Gasteiger partial charge on any atom is 0.266 e. The van der Waals surface area contributed by atoms with E-state index >= 15 is 0 Å². The first-order valence-corrected chi connectivity index (χ1v) is 7.85. The van der Waals surface area contributed by atoms with Crippen molar-refractivity contribution in [2.24, 2.45) is 0 Å². The Morgan fingerprint density at radius 2 is 2.12 bits per heavy atom. The zero-order valence-corrected chi connectivity index (χ0v) is 14.0. The SMILES string of the molecule is Cc1noc(C)c1CC(=O)NCCn1nc(-c2ccco2)ccc1=O. The normalized spacial score (nSPS) is 10.8. The summed E-state index contributed by atoms with van der Waals surface area (Å²) in [5.74, 6) is 1.05. The lowest BCUT2D eigenvalue weighted by atomic mass is 10.1. The number of hydrogen-bond donors (Lipinski definition) is 1. The lowest BCUT2D eigenvalue weighted by Crippen LogP contribution is -2.32. The van der Waals surface area contributed by atoms with Gasteiger partial charge < -0.3 is 14.3 Å². The van der Waals surface area contributed by atoms with E-state index in [2.05, 4.69) is 15.6 Å². The van der Waals surface area contributed by atoms with Crippen LogP contribution in [0.5, 0.6) is 0 Å². The molecule has 0 aromatic carbocycles. The van der Waals surface area contributed by atoms with Crippen molar-refractivity contribution in [1.29, 1.82) is 0 Å². The van der Waals surface area contributed by atoms with Gasteiger partial charge in [-0.1, -0.05) is 5.16 Å². The Morgan fingerprint density at radius 3 is 2.80 bits per heavy atom. The molecule has 8 heteroatoms. The van der Waals surface area contributed by atoms with Gasteiger partial charge in [-0.25, -0.2) is 4.68 Å². The van der Waals surface area contributed by atoms with Crippen molar-refractivity contribution in [3.8, 4) is 11.5 Å². The molecule has 0 spiro atoms. The van der Waals surface area contributed by atoms with Gasteiger partial charge in [0.25, 0.3) is 5.56 Å². The maximum atomic E-state index is 12.0. The van der Waals surface area contributed by atoms with E-state index in [1.807, 2.05) is 0 Å². The molecule has 130 valence electrons. The van der Waals surface area contributed by atoms with Gasteiger partial charge in [0.05, 0.1) is 24.9 Å². The van der Waals surface area contributed by atoms with Crippen LogP contribution in [0.15, 0.2) is 44.3 Å². The number of aryl methyl sites for hydroxylation is 2. The fourth-order valence-corrected chi connectivity index (χ4v) is 2.44. The number of amides is 1. The molecule has 0 aliphatic rings. The third kappa shape index (κ3) is 3.85. The van der Waals surface area contributed by atoms with E-state index in [0.717, 1.165) is 5.56 Å². The van der Waals surface area contributed by atoms with Crippen molar-refractivity contribution in [2.75, 3.05) is 6.54 Å². The highest BCUT2D eigenvalue weighted by molar-refractivity contribution is 5.78. The molecule has 0 aliphatic carbocycles. The molecule has 3 aromatic rings. The average molecular weight is 342 g/mol. The number of furan rings is 1. The first-order chi connectivity index (χ1) is 12.0. The highest BCUT2D eigenvalue weighted by Crippen LogP contribution is 2.15. The molecule has 8 nitrogen and oxygen atoms in total. The van der Waals surface area contributed by atoms with E-state index in [-0.39, 0.29) is 31.0 Å². The summed E-state index contributed by atoms with van der Waals surface area (Å²) < 4.78 is 11.6. The third-order valence-corrected chi connectivity index (χ3v) is 3.80. The second kappa shape index (κ2) is 7.16. The van der Waals surface area contributed by atoms with E-state index in [9.17, 15) is 9.59 Å². The molecule has 0 radical (unpaired) electrons. The van der Waals surface area contributed by atoms with Gasteiger partial charge in [-0.3, -0.25) is 9.59 Å². The van der Waals surface area contributed by atoms with Crippen LogP contribution in [0, 0.1) is 13.8 Å². The minimum Gasteiger partial charge on any atom is -0.463 e. The van der Waals surface area contributed by atoms with Crippen molar-refractivity contribution >= 4 is 5.91 Å². The molecule has 3 heterocycles. The molecule has 0 saturated carbocycles. The zero-order valence-electron chi connectivity index (χ0n) is 14.0.